The van der Waals surface area contributed by atoms with Crippen molar-refractivity contribution < 1.29 is 29.7 Å². The van der Waals surface area contributed by atoms with Gasteiger partial charge in [-0.25, -0.2) is 0 Å². The van der Waals surface area contributed by atoms with E-state index in [1.807, 2.05) is 0 Å². The predicted molar refractivity (Wildman–Crippen MR) is 79.1 cm³/mol. The molecule has 0 heterocycles. The minimum atomic E-state index is -1.23. The zero-order valence-corrected chi connectivity index (χ0v) is 12.0. The summed E-state index contributed by atoms with van der Waals surface area (Å²) >= 11 is 0. The van der Waals surface area contributed by atoms with Crippen molar-refractivity contribution >= 4 is 17.5 Å². The average molecular weight is 312 g/mol. The molecule has 6 nitrogen and oxygen atoms in total. The van der Waals surface area contributed by atoms with Gasteiger partial charge in [0.25, 0.3) is 0 Å². The quantitative estimate of drug-likeness (QED) is 0.624. The molecule has 0 aliphatic heterocycles. The van der Waals surface area contributed by atoms with Gasteiger partial charge in [-0.2, -0.15) is 0 Å². The average Bonchev–Trinajstić information content (AvgIpc) is 2.53. The Kier molecular flexibility index (Phi) is 3.18. The summed E-state index contributed by atoms with van der Waals surface area (Å²) in [6, 6.07) is 7.10. The van der Waals surface area contributed by atoms with Crippen molar-refractivity contribution in [2.45, 2.75) is 12.8 Å². The zero-order valence-electron chi connectivity index (χ0n) is 12.0. The maximum atomic E-state index is 12.6. The Bertz CT molecular complexity index is 881. The lowest BCUT2D eigenvalue weighted by molar-refractivity contribution is -0.138. The van der Waals surface area contributed by atoms with E-state index in [4.69, 9.17) is 5.11 Å². The summed E-state index contributed by atoms with van der Waals surface area (Å²) < 4.78 is 0. The summed E-state index contributed by atoms with van der Waals surface area (Å²) in [5, 5.41) is 29.6. The maximum Gasteiger partial charge on any atom is 0.310 e. The molecule has 0 saturated heterocycles. The Hall–Kier alpha value is -3.15. The molecule has 0 bridgehead atoms. The maximum absolute atomic E-state index is 12.6. The normalized spacial score (nSPS) is 14.1. The Morgan fingerprint density at radius 1 is 1.00 bits per heavy atom. The molecule has 1 unspecified atom stereocenters. The topological polar surface area (TPSA) is 112 Å². The van der Waals surface area contributed by atoms with Gasteiger partial charge in [-0.1, -0.05) is 24.3 Å². The fourth-order valence-electron chi connectivity index (χ4n) is 2.74. The molecule has 0 spiro atoms. The van der Waals surface area contributed by atoms with Crippen LogP contribution in [0.15, 0.2) is 30.3 Å². The van der Waals surface area contributed by atoms with Gasteiger partial charge in [0.2, 0.25) is 0 Å². The smallest absolute Gasteiger partial charge is 0.310 e. The van der Waals surface area contributed by atoms with E-state index in [2.05, 4.69) is 0 Å². The van der Waals surface area contributed by atoms with Gasteiger partial charge < -0.3 is 15.3 Å². The van der Waals surface area contributed by atoms with Crippen LogP contribution >= 0.6 is 0 Å². The molecule has 0 aromatic heterocycles. The summed E-state index contributed by atoms with van der Waals surface area (Å²) in [7, 11) is 0. The molecule has 1 aliphatic carbocycles. The summed E-state index contributed by atoms with van der Waals surface area (Å²) in [5.74, 6) is -4.69. The Labute approximate surface area is 130 Å². The molecule has 3 rings (SSSR count). The number of phenols is 2. The second-order valence-electron chi connectivity index (χ2n) is 5.35. The van der Waals surface area contributed by atoms with Gasteiger partial charge >= 0.3 is 5.97 Å². The molecule has 116 valence electrons. The molecule has 0 amide bonds. The molecule has 1 aliphatic rings. The number of benzene rings is 2. The molecular formula is C17H12O6. The van der Waals surface area contributed by atoms with Crippen molar-refractivity contribution in [3.63, 3.8) is 0 Å². The molecule has 6 heteroatoms. The van der Waals surface area contributed by atoms with E-state index in [-0.39, 0.29) is 27.8 Å². The van der Waals surface area contributed by atoms with Crippen LogP contribution in [-0.2, 0) is 4.79 Å². The van der Waals surface area contributed by atoms with Crippen molar-refractivity contribution in [3.05, 3.63) is 58.1 Å². The van der Waals surface area contributed by atoms with Crippen molar-refractivity contribution in [1.82, 2.24) is 0 Å². The van der Waals surface area contributed by atoms with Crippen LogP contribution in [0.2, 0.25) is 0 Å². The lowest BCUT2D eigenvalue weighted by Gasteiger charge is -2.21. The van der Waals surface area contributed by atoms with Crippen LogP contribution in [0.1, 0.15) is 50.2 Å². The summed E-state index contributed by atoms with van der Waals surface area (Å²) in [5.41, 5.74) is -0.516. The van der Waals surface area contributed by atoms with Crippen molar-refractivity contribution in [2.24, 2.45) is 0 Å². The number of carboxylic acid groups (broad SMARTS) is 1. The van der Waals surface area contributed by atoms with E-state index >= 15 is 0 Å². The zero-order chi connectivity index (χ0) is 16.9. The minimum Gasteiger partial charge on any atom is -0.507 e. The van der Waals surface area contributed by atoms with Gasteiger partial charge in [0.05, 0.1) is 17.0 Å². The molecule has 2 aromatic rings. The molecule has 0 radical (unpaired) electrons. The van der Waals surface area contributed by atoms with Crippen LogP contribution in [0.4, 0.5) is 0 Å². The van der Waals surface area contributed by atoms with Crippen LogP contribution in [0.3, 0.4) is 0 Å². The number of ketones is 2. The first-order valence-corrected chi connectivity index (χ1v) is 6.84. The van der Waals surface area contributed by atoms with E-state index in [0.717, 1.165) is 6.07 Å². The number of aliphatic carboxylic acids is 1. The Morgan fingerprint density at radius 2 is 1.52 bits per heavy atom. The SMILES string of the molecule is CC(C(=O)O)c1cc(O)c2c(c1O)C(=O)c1ccccc1C2=O. The first-order chi connectivity index (χ1) is 10.8. The molecule has 0 saturated carbocycles. The van der Waals surface area contributed by atoms with Crippen LogP contribution in [0.5, 0.6) is 11.5 Å². The largest absolute Gasteiger partial charge is 0.507 e. The Morgan fingerprint density at radius 3 is 2.04 bits per heavy atom. The third-order valence-electron chi connectivity index (χ3n) is 4.02. The fraction of sp³-hybridized carbons (Fsp3) is 0.118. The van der Waals surface area contributed by atoms with Gasteiger partial charge in [-0.05, 0) is 13.0 Å². The van der Waals surface area contributed by atoms with Crippen LogP contribution in [-0.4, -0.2) is 32.9 Å². The summed E-state index contributed by atoms with van der Waals surface area (Å²) in [6.07, 6.45) is 0. The van der Waals surface area contributed by atoms with E-state index < -0.39 is 35.0 Å². The lowest BCUT2D eigenvalue weighted by Crippen LogP contribution is -2.22. The van der Waals surface area contributed by atoms with Gasteiger partial charge in [0.15, 0.2) is 11.6 Å². The summed E-state index contributed by atoms with van der Waals surface area (Å²) in [4.78, 5) is 36.2. The summed E-state index contributed by atoms with van der Waals surface area (Å²) in [6.45, 7) is 1.31. The van der Waals surface area contributed by atoms with Gasteiger partial charge in [0, 0.05) is 16.7 Å². The highest BCUT2D eigenvalue weighted by atomic mass is 16.4. The number of carboxylic acids is 1. The van der Waals surface area contributed by atoms with Crippen molar-refractivity contribution in [3.8, 4) is 11.5 Å². The monoisotopic (exact) mass is 312 g/mol. The number of hydrogen-bond acceptors (Lipinski definition) is 5. The number of hydrogen-bond donors (Lipinski definition) is 3. The standard InChI is InChI=1S/C17H12O6/c1-7(17(22)23)10-6-11(18)12-13(16(10)21)15(20)9-5-3-2-4-8(9)14(12)19/h2-7,18,21H,1H3,(H,22,23). The number of carbonyl (C=O) groups is 3. The number of fused-ring (bicyclic) bond motifs is 2. The second-order valence-corrected chi connectivity index (χ2v) is 5.35. The lowest BCUT2D eigenvalue weighted by atomic mass is 9.81. The van der Waals surface area contributed by atoms with E-state index in [1.54, 1.807) is 12.1 Å². The molecule has 0 fully saturated rings. The van der Waals surface area contributed by atoms with Crippen LogP contribution in [0.25, 0.3) is 0 Å². The first-order valence-electron chi connectivity index (χ1n) is 6.84. The highest BCUT2D eigenvalue weighted by Gasteiger charge is 2.36. The first kappa shape index (κ1) is 14.8. The number of carbonyl (C=O) groups excluding carboxylic acids is 2. The predicted octanol–water partition coefficient (Wildman–Crippen LogP) is 2.06. The van der Waals surface area contributed by atoms with Gasteiger partial charge in [-0.3, -0.25) is 14.4 Å². The number of rotatable bonds is 2. The Balaban J connectivity index is 2.33. The molecular weight excluding hydrogens is 300 g/mol. The fourth-order valence-corrected chi connectivity index (χ4v) is 2.74. The van der Waals surface area contributed by atoms with Crippen LogP contribution < -0.4 is 0 Å². The third-order valence-corrected chi connectivity index (χ3v) is 4.02. The van der Waals surface area contributed by atoms with E-state index in [9.17, 15) is 24.6 Å². The van der Waals surface area contributed by atoms with Gasteiger partial charge in [0.1, 0.15) is 11.5 Å². The second kappa shape index (κ2) is 4.95. The van der Waals surface area contributed by atoms with E-state index in [0.29, 0.717) is 0 Å². The van der Waals surface area contributed by atoms with E-state index in [1.165, 1.54) is 19.1 Å². The molecule has 3 N–H and O–H groups in total. The molecule has 23 heavy (non-hydrogen) atoms. The van der Waals surface area contributed by atoms with Crippen molar-refractivity contribution in [1.29, 1.82) is 0 Å². The van der Waals surface area contributed by atoms with Crippen LogP contribution in [0, 0.1) is 0 Å². The number of aromatic hydroxyl groups is 2. The van der Waals surface area contributed by atoms with Gasteiger partial charge in [-0.15, -0.1) is 0 Å². The number of phenolic OH excluding ortho intramolecular Hbond substituents is 2. The molecule has 2 aromatic carbocycles. The highest BCUT2D eigenvalue weighted by molar-refractivity contribution is 6.30. The van der Waals surface area contributed by atoms with Crippen molar-refractivity contribution in [2.75, 3.05) is 0 Å². The minimum absolute atomic E-state index is 0.111. The molecule has 1 atom stereocenters. The third kappa shape index (κ3) is 1.99. The highest BCUT2D eigenvalue weighted by Crippen LogP contribution is 2.42.